The fourth-order valence-electron chi connectivity index (χ4n) is 0.452. The Morgan fingerprint density at radius 2 is 1.62 bits per heavy atom. The Labute approximate surface area is 59.3 Å². The van der Waals surface area contributed by atoms with Gasteiger partial charge in [0.25, 0.3) is 0 Å². The molecule has 45 valence electrons. The van der Waals surface area contributed by atoms with Crippen molar-refractivity contribution in [2.45, 2.75) is 0 Å². The molecule has 8 heavy (non-hydrogen) atoms. The van der Waals surface area contributed by atoms with E-state index >= 15 is 0 Å². The Kier molecular flexibility index (Phi) is 1.67. The summed E-state index contributed by atoms with van der Waals surface area (Å²) in [6.07, 6.45) is 0. The molecule has 2 N–H and O–H groups in total. The number of anilines is 1. The third kappa shape index (κ3) is 1.33. The van der Waals surface area contributed by atoms with Crippen molar-refractivity contribution in [2.75, 3.05) is 5.73 Å². The second-order valence-electron chi connectivity index (χ2n) is 1.52. The minimum absolute atomic E-state index is 0.805. The van der Waals surface area contributed by atoms with Crippen LogP contribution >= 0.6 is 0 Å². The Morgan fingerprint density at radius 1 is 1.12 bits per heavy atom. The van der Waals surface area contributed by atoms with Gasteiger partial charge in [-0.3, -0.25) is 0 Å². The van der Waals surface area contributed by atoms with Crippen molar-refractivity contribution in [2.24, 2.45) is 0 Å². The molecule has 0 saturated carbocycles. The van der Waals surface area contributed by atoms with Gasteiger partial charge in [0.1, 0.15) is 0 Å². The van der Waals surface area contributed by atoms with Crippen LogP contribution in [0.1, 0.15) is 0 Å². The van der Waals surface area contributed by atoms with Crippen LogP contribution in [0.25, 0.3) is 0 Å². The summed E-state index contributed by atoms with van der Waals surface area (Å²) in [4.78, 5) is 0. The molecule has 0 aliphatic rings. The van der Waals surface area contributed by atoms with Crippen LogP contribution in [-0.4, -0.2) is 0 Å². The van der Waals surface area contributed by atoms with Crippen molar-refractivity contribution < 1.29 is 19.2 Å². The molecule has 0 spiro atoms. The van der Waals surface area contributed by atoms with Gasteiger partial charge in [0, 0.05) is 0 Å². The number of hydrogen-bond acceptors (Lipinski definition) is 1. The zero-order chi connectivity index (χ0) is 5.98. The van der Waals surface area contributed by atoms with E-state index in [-0.39, 0.29) is 0 Å². The monoisotopic (exact) mass is 198 g/mol. The van der Waals surface area contributed by atoms with E-state index in [1.165, 1.54) is 0 Å². The summed E-state index contributed by atoms with van der Waals surface area (Å²) in [6, 6.07) is 7.58. The normalized spacial score (nSPS) is 9.25. The van der Waals surface area contributed by atoms with E-state index in [1.807, 2.05) is 24.3 Å². The van der Waals surface area contributed by atoms with Crippen molar-refractivity contribution >= 4 is 9.72 Å². The van der Waals surface area contributed by atoms with Crippen LogP contribution in [0.5, 0.6) is 0 Å². The zero-order valence-corrected chi connectivity index (χ0v) is 5.76. The van der Waals surface area contributed by atoms with Gasteiger partial charge in [-0.15, -0.1) is 0 Å². The SMILES string of the molecule is Nc1cc[c]([Pd])cc1. The number of rotatable bonds is 0. The van der Waals surface area contributed by atoms with Gasteiger partial charge < -0.3 is 0 Å². The molecule has 0 unspecified atom stereocenters. The Bertz CT molecular complexity index is 147. The summed E-state index contributed by atoms with van der Waals surface area (Å²) in [5.41, 5.74) is 6.22. The maximum atomic E-state index is 5.41. The molecule has 0 aliphatic carbocycles. The number of nitrogen functional groups attached to an aromatic ring is 1. The molecule has 1 aromatic carbocycles. The molecule has 0 atom stereocenters. The average molecular weight is 199 g/mol. The molecule has 2 heteroatoms. The fourth-order valence-corrected chi connectivity index (χ4v) is 0.712. The predicted octanol–water partition coefficient (Wildman–Crippen LogP) is 0.441. The van der Waals surface area contributed by atoms with Crippen LogP contribution in [-0.2, 0) is 19.2 Å². The van der Waals surface area contributed by atoms with E-state index in [9.17, 15) is 0 Å². The summed E-state index contributed by atoms with van der Waals surface area (Å²) >= 11 is 3.04. The number of nitrogens with two attached hydrogens (primary N) is 1. The number of hydrogen-bond donors (Lipinski definition) is 1. The summed E-state index contributed by atoms with van der Waals surface area (Å²) in [5.74, 6) is 0. The van der Waals surface area contributed by atoms with Crippen LogP contribution < -0.4 is 9.77 Å². The molecule has 0 fully saturated rings. The first-order valence-corrected chi connectivity index (χ1v) is 3.05. The zero-order valence-electron chi connectivity index (χ0n) is 4.20. The molecule has 0 saturated heterocycles. The first kappa shape index (κ1) is 5.81. The number of benzene rings is 1. The standard InChI is InChI=1S/C6H6N.Pd/c7-6-4-2-1-3-5-6;/h2-5H,7H2;. The van der Waals surface area contributed by atoms with Crippen LogP contribution in [0.4, 0.5) is 5.69 Å². The molecule has 1 nitrogen and oxygen atoms in total. The summed E-state index contributed by atoms with van der Waals surface area (Å²) in [6.45, 7) is 0. The van der Waals surface area contributed by atoms with Crippen molar-refractivity contribution in [3.05, 3.63) is 24.3 Å². The van der Waals surface area contributed by atoms with Crippen LogP contribution in [0, 0.1) is 0 Å². The third-order valence-electron chi connectivity index (χ3n) is 0.849. The second-order valence-corrected chi connectivity index (χ2v) is 2.41. The Hall–Kier alpha value is -0.318. The molecule has 0 radical (unpaired) electrons. The van der Waals surface area contributed by atoms with Gasteiger partial charge in [-0.25, -0.2) is 0 Å². The van der Waals surface area contributed by atoms with E-state index in [4.69, 9.17) is 5.73 Å². The fraction of sp³-hybridized carbons (Fsp3) is 0. The first-order chi connectivity index (χ1) is 3.79. The van der Waals surface area contributed by atoms with Gasteiger partial charge in [0.2, 0.25) is 0 Å². The molecule has 1 rings (SSSR count). The molecule has 0 aliphatic heterocycles. The second kappa shape index (κ2) is 2.30. The first-order valence-electron chi connectivity index (χ1n) is 2.27. The van der Waals surface area contributed by atoms with E-state index in [0.29, 0.717) is 0 Å². The van der Waals surface area contributed by atoms with Crippen LogP contribution in [0.15, 0.2) is 24.3 Å². The van der Waals surface area contributed by atoms with Gasteiger partial charge in [-0.2, -0.15) is 0 Å². The average Bonchev–Trinajstić information content (AvgIpc) is 1.77. The predicted molar refractivity (Wildman–Crippen MR) is 30.5 cm³/mol. The Balaban J connectivity index is 3.03. The van der Waals surface area contributed by atoms with Crippen molar-refractivity contribution in [1.82, 2.24) is 0 Å². The summed E-state index contributed by atoms with van der Waals surface area (Å²) in [5, 5.41) is 0. The minimum atomic E-state index is 0.805. The van der Waals surface area contributed by atoms with Crippen molar-refractivity contribution in [3.8, 4) is 0 Å². The van der Waals surface area contributed by atoms with Crippen molar-refractivity contribution in [3.63, 3.8) is 0 Å². The molecule has 0 aromatic heterocycles. The molecular weight excluding hydrogens is 192 g/mol. The summed E-state index contributed by atoms with van der Waals surface area (Å²) < 4.78 is 1.10. The summed E-state index contributed by atoms with van der Waals surface area (Å²) in [7, 11) is 0. The van der Waals surface area contributed by atoms with Gasteiger partial charge in [-0.05, 0) is 0 Å². The third-order valence-corrected chi connectivity index (χ3v) is 1.37. The molecule has 0 amide bonds. The van der Waals surface area contributed by atoms with E-state index in [1.54, 1.807) is 0 Å². The van der Waals surface area contributed by atoms with Crippen LogP contribution in [0.3, 0.4) is 0 Å². The topological polar surface area (TPSA) is 26.0 Å². The molecule has 0 bridgehead atoms. The molecule has 1 aromatic rings. The van der Waals surface area contributed by atoms with E-state index in [2.05, 4.69) is 19.2 Å². The van der Waals surface area contributed by atoms with E-state index in [0.717, 1.165) is 9.72 Å². The van der Waals surface area contributed by atoms with Gasteiger partial charge in [0.15, 0.2) is 0 Å². The van der Waals surface area contributed by atoms with E-state index < -0.39 is 0 Å². The van der Waals surface area contributed by atoms with Gasteiger partial charge >= 0.3 is 58.9 Å². The van der Waals surface area contributed by atoms with Gasteiger partial charge in [-0.1, -0.05) is 0 Å². The molecular formula is C6H6NPd. The maximum absolute atomic E-state index is 5.41. The van der Waals surface area contributed by atoms with Gasteiger partial charge in [0.05, 0.1) is 0 Å². The molecule has 0 heterocycles. The quantitative estimate of drug-likeness (QED) is 0.475. The van der Waals surface area contributed by atoms with Crippen LogP contribution in [0.2, 0.25) is 0 Å². The van der Waals surface area contributed by atoms with Crippen molar-refractivity contribution in [1.29, 1.82) is 0 Å². The Morgan fingerprint density at radius 3 is 2.00 bits per heavy atom.